The molecule has 1 aliphatic heterocycles. The standard InChI is InChI=1S/C7H13NO3/c9-4-6(10)5-2-1-3-7(11)8-5/h5-6,9-10H,1-4H2,(H,8,11). The van der Waals surface area contributed by atoms with E-state index in [0.29, 0.717) is 6.42 Å². The molecule has 64 valence electrons. The number of aliphatic hydroxyl groups excluding tert-OH is 2. The van der Waals surface area contributed by atoms with Crippen LogP contribution in [-0.4, -0.2) is 34.9 Å². The first-order valence-corrected chi connectivity index (χ1v) is 3.82. The van der Waals surface area contributed by atoms with Gasteiger partial charge in [0.15, 0.2) is 0 Å². The number of carbonyl (C=O) groups excluding carboxylic acids is 1. The number of hydrogen-bond acceptors (Lipinski definition) is 3. The Balaban J connectivity index is 2.39. The number of nitrogens with one attached hydrogen (secondary N) is 1. The molecule has 0 aromatic rings. The van der Waals surface area contributed by atoms with Gasteiger partial charge in [0, 0.05) is 6.42 Å². The molecule has 4 nitrogen and oxygen atoms in total. The Hall–Kier alpha value is -0.610. The van der Waals surface area contributed by atoms with Gasteiger partial charge in [-0.2, -0.15) is 0 Å². The van der Waals surface area contributed by atoms with Crippen molar-refractivity contribution in [1.29, 1.82) is 0 Å². The molecule has 4 heteroatoms. The van der Waals surface area contributed by atoms with Gasteiger partial charge >= 0.3 is 0 Å². The van der Waals surface area contributed by atoms with Crippen LogP contribution < -0.4 is 5.32 Å². The summed E-state index contributed by atoms with van der Waals surface area (Å²) in [5.74, 6) is -0.0336. The molecule has 3 N–H and O–H groups in total. The van der Waals surface area contributed by atoms with Crippen molar-refractivity contribution in [2.75, 3.05) is 6.61 Å². The first kappa shape index (κ1) is 8.49. The molecule has 0 bridgehead atoms. The average molecular weight is 159 g/mol. The maximum absolute atomic E-state index is 10.8. The van der Waals surface area contributed by atoms with Crippen LogP contribution >= 0.6 is 0 Å². The van der Waals surface area contributed by atoms with Crippen molar-refractivity contribution in [3.63, 3.8) is 0 Å². The van der Waals surface area contributed by atoms with Crippen LogP contribution in [0.25, 0.3) is 0 Å². The van der Waals surface area contributed by atoms with Crippen molar-refractivity contribution in [2.24, 2.45) is 0 Å². The fraction of sp³-hybridized carbons (Fsp3) is 0.857. The molecule has 2 unspecified atom stereocenters. The Morgan fingerprint density at radius 2 is 2.45 bits per heavy atom. The molecule has 0 radical (unpaired) electrons. The van der Waals surface area contributed by atoms with E-state index in [9.17, 15) is 4.79 Å². The van der Waals surface area contributed by atoms with E-state index >= 15 is 0 Å². The molecule has 1 heterocycles. The minimum absolute atomic E-state index is 0.0336. The van der Waals surface area contributed by atoms with Crippen LogP contribution in [0.4, 0.5) is 0 Å². The summed E-state index contributed by atoms with van der Waals surface area (Å²) in [6.45, 7) is -0.287. The Morgan fingerprint density at radius 1 is 1.73 bits per heavy atom. The summed E-state index contributed by atoms with van der Waals surface area (Å²) in [5, 5.41) is 20.3. The fourth-order valence-electron chi connectivity index (χ4n) is 1.25. The summed E-state index contributed by atoms with van der Waals surface area (Å²) in [5.41, 5.74) is 0. The molecule has 1 amide bonds. The highest BCUT2D eigenvalue weighted by Gasteiger charge is 2.23. The number of aliphatic hydroxyl groups is 2. The molecule has 1 rings (SSSR count). The van der Waals surface area contributed by atoms with E-state index in [4.69, 9.17) is 10.2 Å². The van der Waals surface area contributed by atoms with Crippen LogP contribution in [0.3, 0.4) is 0 Å². The summed E-state index contributed by atoms with van der Waals surface area (Å²) < 4.78 is 0. The van der Waals surface area contributed by atoms with Crippen molar-refractivity contribution in [2.45, 2.75) is 31.4 Å². The number of piperidine rings is 1. The van der Waals surface area contributed by atoms with Gasteiger partial charge < -0.3 is 15.5 Å². The van der Waals surface area contributed by atoms with Gasteiger partial charge in [0.25, 0.3) is 0 Å². The highest BCUT2D eigenvalue weighted by atomic mass is 16.3. The van der Waals surface area contributed by atoms with Gasteiger partial charge in [-0.15, -0.1) is 0 Å². The zero-order chi connectivity index (χ0) is 8.27. The Labute approximate surface area is 65.2 Å². The maximum Gasteiger partial charge on any atom is 0.220 e. The first-order valence-electron chi connectivity index (χ1n) is 3.82. The van der Waals surface area contributed by atoms with Gasteiger partial charge in [-0.3, -0.25) is 4.79 Å². The second kappa shape index (κ2) is 3.69. The number of amides is 1. The lowest BCUT2D eigenvalue weighted by molar-refractivity contribution is -0.124. The third-order valence-electron chi connectivity index (χ3n) is 1.92. The summed E-state index contributed by atoms with van der Waals surface area (Å²) in [7, 11) is 0. The molecule has 0 saturated carbocycles. The van der Waals surface area contributed by atoms with Crippen molar-refractivity contribution in [3.05, 3.63) is 0 Å². The highest BCUT2D eigenvalue weighted by Crippen LogP contribution is 2.10. The predicted molar refractivity (Wildman–Crippen MR) is 38.9 cm³/mol. The molecular weight excluding hydrogens is 146 g/mol. The summed E-state index contributed by atoms with van der Waals surface area (Å²) in [6.07, 6.45) is 1.29. The second-order valence-corrected chi connectivity index (χ2v) is 2.82. The molecule has 1 fully saturated rings. The third-order valence-corrected chi connectivity index (χ3v) is 1.92. The lowest BCUT2D eigenvalue weighted by atomic mass is 10.00. The molecule has 11 heavy (non-hydrogen) atoms. The van der Waals surface area contributed by atoms with Gasteiger partial charge in [-0.1, -0.05) is 0 Å². The number of carbonyl (C=O) groups is 1. The van der Waals surface area contributed by atoms with Crippen LogP contribution in [0.15, 0.2) is 0 Å². The molecular formula is C7H13NO3. The van der Waals surface area contributed by atoms with E-state index in [0.717, 1.165) is 12.8 Å². The molecule has 1 aliphatic rings. The molecule has 0 aliphatic carbocycles. The van der Waals surface area contributed by atoms with Crippen molar-refractivity contribution in [3.8, 4) is 0 Å². The van der Waals surface area contributed by atoms with E-state index in [1.807, 2.05) is 0 Å². The van der Waals surface area contributed by atoms with Gasteiger partial charge in [0.05, 0.1) is 18.8 Å². The molecule has 1 saturated heterocycles. The number of rotatable bonds is 2. The van der Waals surface area contributed by atoms with Crippen LogP contribution in [0.1, 0.15) is 19.3 Å². The number of hydrogen-bond donors (Lipinski definition) is 3. The van der Waals surface area contributed by atoms with Crippen molar-refractivity contribution >= 4 is 5.91 Å². The second-order valence-electron chi connectivity index (χ2n) is 2.82. The molecule has 0 aromatic heterocycles. The lowest BCUT2D eigenvalue weighted by Gasteiger charge is -2.26. The zero-order valence-corrected chi connectivity index (χ0v) is 6.29. The zero-order valence-electron chi connectivity index (χ0n) is 6.29. The minimum atomic E-state index is -0.806. The maximum atomic E-state index is 10.8. The normalized spacial score (nSPS) is 27.8. The topological polar surface area (TPSA) is 69.6 Å². The SMILES string of the molecule is O=C1CCCC(C(O)CO)N1. The van der Waals surface area contributed by atoms with E-state index in [-0.39, 0.29) is 18.6 Å². The summed E-state index contributed by atoms with van der Waals surface area (Å²) in [4.78, 5) is 10.8. The van der Waals surface area contributed by atoms with Crippen LogP contribution in [0.5, 0.6) is 0 Å². The first-order chi connectivity index (χ1) is 5.24. The van der Waals surface area contributed by atoms with E-state index in [1.54, 1.807) is 0 Å². The third kappa shape index (κ3) is 2.17. The predicted octanol–water partition coefficient (Wildman–Crippen LogP) is -0.992. The van der Waals surface area contributed by atoms with E-state index in [2.05, 4.69) is 5.32 Å². The molecule has 2 atom stereocenters. The van der Waals surface area contributed by atoms with Gasteiger partial charge in [0.2, 0.25) is 5.91 Å². The fourth-order valence-corrected chi connectivity index (χ4v) is 1.25. The van der Waals surface area contributed by atoms with Crippen LogP contribution in [-0.2, 0) is 4.79 Å². The molecule has 0 aromatic carbocycles. The monoisotopic (exact) mass is 159 g/mol. The largest absolute Gasteiger partial charge is 0.394 e. The minimum Gasteiger partial charge on any atom is -0.394 e. The van der Waals surface area contributed by atoms with Crippen molar-refractivity contribution < 1.29 is 15.0 Å². The Morgan fingerprint density at radius 3 is 3.00 bits per heavy atom. The summed E-state index contributed by atoms with van der Waals surface area (Å²) >= 11 is 0. The van der Waals surface area contributed by atoms with Gasteiger partial charge in [0.1, 0.15) is 0 Å². The van der Waals surface area contributed by atoms with Crippen molar-refractivity contribution in [1.82, 2.24) is 5.32 Å². The Kier molecular flexibility index (Phi) is 2.84. The van der Waals surface area contributed by atoms with Crippen LogP contribution in [0, 0.1) is 0 Å². The Bertz CT molecular complexity index is 149. The quantitative estimate of drug-likeness (QED) is 0.484. The molecule has 0 spiro atoms. The van der Waals surface area contributed by atoms with Crippen LogP contribution in [0.2, 0.25) is 0 Å². The van der Waals surface area contributed by atoms with Gasteiger partial charge in [-0.25, -0.2) is 0 Å². The highest BCUT2D eigenvalue weighted by molar-refractivity contribution is 5.77. The van der Waals surface area contributed by atoms with Gasteiger partial charge in [-0.05, 0) is 12.8 Å². The van der Waals surface area contributed by atoms with E-state index in [1.165, 1.54) is 0 Å². The van der Waals surface area contributed by atoms with E-state index < -0.39 is 6.10 Å². The lowest BCUT2D eigenvalue weighted by Crippen LogP contribution is -2.47. The smallest absolute Gasteiger partial charge is 0.220 e. The average Bonchev–Trinajstić information content (AvgIpc) is 2.03. The summed E-state index contributed by atoms with van der Waals surface area (Å²) in [6, 6.07) is -0.249.